The van der Waals surface area contributed by atoms with Gasteiger partial charge in [0.2, 0.25) is 0 Å². The second-order valence-electron chi connectivity index (χ2n) is 4.92. The van der Waals surface area contributed by atoms with Gasteiger partial charge >= 0.3 is 5.63 Å². The second kappa shape index (κ2) is 5.01. The zero-order valence-electron chi connectivity index (χ0n) is 11.5. The zero-order chi connectivity index (χ0) is 15.0. The molecule has 0 unspecified atom stereocenters. The molecule has 1 aromatic heterocycles. The Hall–Kier alpha value is -2.69. The lowest BCUT2D eigenvalue weighted by atomic mass is 10.1. The molecule has 21 heavy (non-hydrogen) atoms. The Kier molecular flexibility index (Phi) is 3.17. The molecule has 1 aromatic carbocycles. The van der Waals surface area contributed by atoms with E-state index in [1.54, 1.807) is 37.3 Å². The fourth-order valence-corrected chi connectivity index (χ4v) is 2.36. The molecule has 0 fully saturated rings. The van der Waals surface area contributed by atoms with Gasteiger partial charge in [-0.1, -0.05) is 24.3 Å². The van der Waals surface area contributed by atoms with E-state index in [4.69, 9.17) is 4.42 Å². The Labute approximate surface area is 120 Å². The predicted molar refractivity (Wildman–Crippen MR) is 76.9 cm³/mol. The molecule has 0 saturated heterocycles. The topological polar surface area (TPSA) is 67.6 Å². The number of imide groups is 1. The molecule has 0 spiro atoms. The first kappa shape index (κ1) is 13.3. The summed E-state index contributed by atoms with van der Waals surface area (Å²) in [5.41, 5.74) is 0.0929. The number of para-hydroxylation sites is 1. The minimum atomic E-state index is -0.723. The van der Waals surface area contributed by atoms with Crippen LogP contribution in [0.1, 0.15) is 23.7 Å². The van der Waals surface area contributed by atoms with E-state index in [0.29, 0.717) is 23.0 Å². The van der Waals surface area contributed by atoms with Crippen LogP contribution in [0, 0.1) is 0 Å². The van der Waals surface area contributed by atoms with E-state index in [0.717, 1.165) is 4.90 Å². The summed E-state index contributed by atoms with van der Waals surface area (Å²) in [5, 5.41) is 0.650. The summed E-state index contributed by atoms with van der Waals surface area (Å²) in [5.74, 6) is -0.967. The van der Waals surface area contributed by atoms with Crippen molar-refractivity contribution in [2.24, 2.45) is 0 Å². The Morgan fingerprint density at radius 2 is 2.00 bits per heavy atom. The third-order valence-electron chi connectivity index (χ3n) is 3.50. The van der Waals surface area contributed by atoms with Crippen molar-refractivity contribution in [2.45, 2.75) is 13.3 Å². The molecule has 5 nitrogen and oxygen atoms in total. The van der Waals surface area contributed by atoms with Gasteiger partial charge in [0.05, 0.1) is 0 Å². The van der Waals surface area contributed by atoms with E-state index in [2.05, 4.69) is 0 Å². The third-order valence-corrected chi connectivity index (χ3v) is 3.50. The normalized spacial score (nSPS) is 15.2. The molecule has 0 radical (unpaired) electrons. The Morgan fingerprint density at radius 3 is 2.81 bits per heavy atom. The van der Waals surface area contributed by atoms with Crippen LogP contribution in [0.5, 0.6) is 0 Å². The van der Waals surface area contributed by atoms with Crippen LogP contribution in [0.3, 0.4) is 0 Å². The van der Waals surface area contributed by atoms with Crippen molar-refractivity contribution in [1.29, 1.82) is 0 Å². The zero-order valence-corrected chi connectivity index (χ0v) is 11.5. The molecular formula is C16H13NO4. The van der Waals surface area contributed by atoms with E-state index in [1.807, 2.05) is 0 Å². The highest BCUT2D eigenvalue weighted by Crippen LogP contribution is 2.17. The van der Waals surface area contributed by atoms with Crippen molar-refractivity contribution in [2.75, 3.05) is 6.54 Å². The molecule has 3 rings (SSSR count). The van der Waals surface area contributed by atoms with Crippen molar-refractivity contribution in [3.8, 4) is 0 Å². The van der Waals surface area contributed by atoms with Crippen LogP contribution < -0.4 is 5.63 Å². The number of nitrogens with zero attached hydrogens (tertiary/aromatic N) is 1. The van der Waals surface area contributed by atoms with Crippen molar-refractivity contribution >= 4 is 22.8 Å². The van der Waals surface area contributed by atoms with Gasteiger partial charge in [0.25, 0.3) is 11.8 Å². The van der Waals surface area contributed by atoms with Gasteiger partial charge in [0.1, 0.15) is 11.1 Å². The standard InChI is InChI=1S/C16H13NO4/c1-10-5-4-8-17(14(10)18)15(19)12-9-11-6-2-3-7-13(11)21-16(12)20/h2-3,5-7,9H,4,8H2,1H3. The number of rotatable bonds is 1. The minimum absolute atomic E-state index is 0.114. The van der Waals surface area contributed by atoms with Gasteiger partial charge in [0.15, 0.2) is 0 Å². The molecule has 0 bridgehead atoms. The number of amides is 2. The maximum atomic E-state index is 12.4. The van der Waals surface area contributed by atoms with Gasteiger partial charge in [-0.2, -0.15) is 0 Å². The maximum Gasteiger partial charge on any atom is 0.349 e. The SMILES string of the molecule is CC1=CCCN(C(=O)c2cc3ccccc3oc2=O)C1=O. The van der Waals surface area contributed by atoms with E-state index >= 15 is 0 Å². The largest absolute Gasteiger partial charge is 0.422 e. The molecule has 0 N–H and O–H groups in total. The molecule has 1 aliphatic rings. The quantitative estimate of drug-likeness (QED) is 0.594. The first-order valence-electron chi connectivity index (χ1n) is 6.64. The highest BCUT2D eigenvalue weighted by atomic mass is 16.4. The third kappa shape index (κ3) is 2.27. The molecule has 106 valence electrons. The lowest BCUT2D eigenvalue weighted by Gasteiger charge is -2.23. The van der Waals surface area contributed by atoms with Crippen LogP contribution >= 0.6 is 0 Å². The van der Waals surface area contributed by atoms with E-state index in [1.165, 1.54) is 6.07 Å². The molecule has 0 aliphatic carbocycles. The van der Waals surface area contributed by atoms with Crippen molar-refractivity contribution in [3.63, 3.8) is 0 Å². The summed E-state index contributed by atoms with van der Waals surface area (Å²) in [6, 6.07) is 8.41. The summed E-state index contributed by atoms with van der Waals surface area (Å²) < 4.78 is 5.14. The first-order valence-corrected chi connectivity index (χ1v) is 6.64. The van der Waals surface area contributed by atoms with Crippen LogP contribution in [-0.4, -0.2) is 23.3 Å². The van der Waals surface area contributed by atoms with Crippen LogP contribution in [0.25, 0.3) is 11.0 Å². The molecular weight excluding hydrogens is 270 g/mol. The number of carbonyl (C=O) groups is 2. The number of hydrogen-bond acceptors (Lipinski definition) is 4. The van der Waals surface area contributed by atoms with Gasteiger partial charge in [-0.3, -0.25) is 14.5 Å². The molecule has 2 amide bonds. The summed E-state index contributed by atoms with van der Waals surface area (Å²) >= 11 is 0. The van der Waals surface area contributed by atoms with Crippen LogP contribution in [0.2, 0.25) is 0 Å². The lowest BCUT2D eigenvalue weighted by Crippen LogP contribution is -2.41. The first-order chi connectivity index (χ1) is 10.1. The lowest BCUT2D eigenvalue weighted by molar-refractivity contribution is -0.125. The number of fused-ring (bicyclic) bond motifs is 1. The maximum absolute atomic E-state index is 12.4. The average Bonchev–Trinajstić information content (AvgIpc) is 2.48. The Morgan fingerprint density at radius 1 is 1.24 bits per heavy atom. The summed E-state index contributed by atoms with van der Waals surface area (Å²) in [6.07, 6.45) is 2.39. The number of hydrogen-bond donors (Lipinski definition) is 0. The summed E-state index contributed by atoms with van der Waals surface area (Å²) in [6.45, 7) is 1.94. The molecule has 1 aliphatic heterocycles. The van der Waals surface area contributed by atoms with E-state index in [9.17, 15) is 14.4 Å². The fraction of sp³-hybridized carbons (Fsp3) is 0.188. The average molecular weight is 283 g/mol. The van der Waals surface area contributed by atoms with Gasteiger partial charge < -0.3 is 4.42 Å². The number of benzene rings is 1. The molecule has 2 heterocycles. The molecule has 5 heteroatoms. The fourth-order valence-electron chi connectivity index (χ4n) is 2.36. The number of carbonyl (C=O) groups excluding carboxylic acids is 2. The second-order valence-corrected chi connectivity index (χ2v) is 4.92. The van der Waals surface area contributed by atoms with Crippen molar-refractivity contribution < 1.29 is 14.0 Å². The Balaban J connectivity index is 2.06. The summed E-state index contributed by atoms with van der Waals surface area (Å²) in [4.78, 5) is 37.5. The van der Waals surface area contributed by atoms with Crippen LogP contribution in [0.4, 0.5) is 0 Å². The monoisotopic (exact) mass is 283 g/mol. The van der Waals surface area contributed by atoms with Crippen molar-refractivity contribution in [1.82, 2.24) is 4.90 Å². The van der Waals surface area contributed by atoms with E-state index in [-0.39, 0.29) is 18.0 Å². The van der Waals surface area contributed by atoms with E-state index < -0.39 is 11.5 Å². The summed E-state index contributed by atoms with van der Waals surface area (Å²) in [7, 11) is 0. The van der Waals surface area contributed by atoms with Gasteiger partial charge in [-0.25, -0.2) is 4.79 Å². The molecule has 0 saturated carbocycles. The van der Waals surface area contributed by atoms with Crippen molar-refractivity contribution in [3.05, 3.63) is 58.0 Å². The molecule has 2 aromatic rings. The van der Waals surface area contributed by atoms with Crippen LogP contribution in [-0.2, 0) is 4.79 Å². The smallest absolute Gasteiger partial charge is 0.349 e. The minimum Gasteiger partial charge on any atom is -0.422 e. The Bertz CT molecular complexity index is 832. The highest BCUT2D eigenvalue weighted by Gasteiger charge is 2.28. The molecule has 0 atom stereocenters. The van der Waals surface area contributed by atoms with Gasteiger partial charge in [0, 0.05) is 17.5 Å². The van der Waals surface area contributed by atoms with Gasteiger partial charge in [-0.05, 0) is 25.5 Å². The van der Waals surface area contributed by atoms with Gasteiger partial charge in [-0.15, -0.1) is 0 Å². The highest BCUT2D eigenvalue weighted by molar-refractivity contribution is 6.10. The predicted octanol–water partition coefficient (Wildman–Crippen LogP) is 2.11. The van der Waals surface area contributed by atoms with Crippen LogP contribution in [0.15, 0.2) is 51.2 Å².